The number of nitrogens with two attached hydrogens (primary N) is 1. The van der Waals surface area contributed by atoms with Gasteiger partial charge in [-0.05, 0) is 19.1 Å². The second-order valence-corrected chi connectivity index (χ2v) is 8.35. The van der Waals surface area contributed by atoms with E-state index in [2.05, 4.69) is 17.6 Å². The number of aromatic amines is 1. The van der Waals surface area contributed by atoms with E-state index in [0.717, 1.165) is 16.3 Å². The summed E-state index contributed by atoms with van der Waals surface area (Å²) in [6.07, 6.45) is 2.52. The second kappa shape index (κ2) is 9.42. The van der Waals surface area contributed by atoms with Gasteiger partial charge in [0.2, 0.25) is 10.0 Å². The quantitative estimate of drug-likeness (QED) is 0.299. The van der Waals surface area contributed by atoms with Gasteiger partial charge in [0.25, 0.3) is 0 Å². The highest BCUT2D eigenvalue weighted by Crippen LogP contribution is 2.08. The van der Waals surface area contributed by atoms with Crippen molar-refractivity contribution in [3.05, 3.63) is 24.0 Å². The monoisotopic (exact) mass is 379 g/mol. The number of H-pyrrole nitrogens is 1. The molecule has 24 heavy (non-hydrogen) atoms. The molecule has 0 bridgehead atoms. The van der Waals surface area contributed by atoms with E-state index >= 15 is 0 Å². The lowest BCUT2D eigenvalue weighted by Crippen LogP contribution is -2.41. The number of thiol groups is 1. The van der Waals surface area contributed by atoms with Gasteiger partial charge >= 0.3 is 5.97 Å². The van der Waals surface area contributed by atoms with Crippen LogP contribution in [0.4, 0.5) is 0 Å². The maximum Gasteiger partial charge on any atom is 0.323 e. The molecule has 3 atom stereocenters. The van der Waals surface area contributed by atoms with E-state index in [4.69, 9.17) is 15.2 Å². The van der Waals surface area contributed by atoms with Crippen LogP contribution >= 0.6 is 12.6 Å². The van der Waals surface area contributed by atoms with Crippen molar-refractivity contribution in [2.45, 2.75) is 30.9 Å². The number of carbonyl (C=O) groups is 1. The Morgan fingerprint density at radius 1 is 1.50 bits per heavy atom. The molecule has 1 aromatic heterocycles. The first-order valence-electron chi connectivity index (χ1n) is 7.39. The minimum absolute atomic E-state index is 0.0445. The summed E-state index contributed by atoms with van der Waals surface area (Å²) in [7, 11) is -1.94. The van der Waals surface area contributed by atoms with E-state index in [1.807, 2.05) is 12.1 Å². The number of hydrogen-bond acceptors (Lipinski definition) is 7. The predicted octanol–water partition coefficient (Wildman–Crippen LogP) is -0.0199. The molecule has 0 radical (unpaired) electrons. The van der Waals surface area contributed by atoms with Crippen molar-refractivity contribution in [1.29, 1.82) is 0 Å². The zero-order chi connectivity index (χ0) is 18.3. The molecule has 1 rings (SSSR count). The fourth-order valence-electron chi connectivity index (χ4n) is 1.93. The van der Waals surface area contributed by atoms with Crippen LogP contribution in [0.15, 0.2) is 18.3 Å². The third kappa shape index (κ3) is 7.67. The molecule has 0 aliphatic heterocycles. The van der Waals surface area contributed by atoms with Crippen LogP contribution in [0.2, 0.25) is 0 Å². The summed E-state index contributed by atoms with van der Waals surface area (Å²) in [6, 6.07) is 2.82. The van der Waals surface area contributed by atoms with Crippen LogP contribution in [-0.4, -0.2) is 67.7 Å². The molecule has 0 amide bonds. The lowest BCUT2D eigenvalue weighted by atomic mass is 10.2. The van der Waals surface area contributed by atoms with Gasteiger partial charge in [-0.1, -0.05) is 0 Å². The van der Waals surface area contributed by atoms with Gasteiger partial charge < -0.3 is 20.2 Å². The molecule has 8 nitrogen and oxygen atoms in total. The second-order valence-electron chi connectivity index (χ2n) is 5.54. The van der Waals surface area contributed by atoms with E-state index in [1.54, 1.807) is 13.1 Å². The van der Waals surface area contributed by atoms with Gasteiger partial charge in [0.15, 0.2) is 0 Å². The van der Waals surface area contributed by atoms with Crippen LogP contribution in [0.25, 0.3) is 0 Å². The molecule has 0 aliphatic rings. The molecule has 0 unspecified atom stereocenters. The minimum atomic E-state index is -3.36. The summed E-state index contributed by atoms with van der Waals surface area (Å²) in [5, 5.41) is 0. The minimum Gasteiger partial charge on any atom is -0.462 e. The molecule has 0 fully saturated rings. The number of aromatic nitrogens is 1. The van der Waals surface area contributed by atoms with Crippen LogP contribution in [0.1, 0.15) is 12.6 Å². The summed E-state index contributed by atoms with van der Waals surface area (Å²) >= 11 is 4.12. The van der Waals surface area contributed by atoms with E-state index in [9.17, 15) is 13.2 Å². The number of likely N-dealkylation sites (N-methyl/N-ethyl adjacent to an activating group) is 1. The van der Waals surface area contributed by atoms with Gasteiger partial charge in [-0.15, -0.1) is 12.6 Å². The first kappa shape index (κ1) is 21.0. The van der Waals surface area contributed by atoms with Gasteiger partial charge in [-0.25, -0.2) is 12.7 Å². The molecule has 0 aromatic carbocycles. The number of esters is 1. The van der Waals surface area contributed by atoms with Crippen molar-refractivity contribution >= 4 is 28.6 Å². The van der Waals surface area contributed by atoms with Crippen molar-refractivity contribution in [3.8, 4) is 0 Å². The predicted molar refractivity (Wildman–Crippen MR) is 94.2 cm³/mol. The van der Waals surface area contributed by atoms with Gasteiger partial charge in [-0.3, -0.25) is 4.79 Å². The standard InChI is InChI=1S/C14H25N3O5S2/c1-10(23)22-12(8-17(2)24(3,19)20)9-21-14(18)13(15)7-11-5-4-6-16-11/h4-6,10,12-13,16,23H,7-9,15H2,1-3H3/t10-,12+,13+/m1/s1. The number of nitrogens with zero attached hydrogens (tertiary/aromatic N) is 1. The average molecular weight is 380 g/mol. The maximum atomic E-state index is 12.0. The summed E-state index contributed by atoms with van der Waals surface area (Å²) in [5.41, 5.74) is 6.20. The van der Waals surface area contributed by atoms with Crippen molar-refractivity contribution < 1.29 is 22.7 Å². The van der Waals surface area contributed by atoms with Crippen LogP contribution in [0.3, 0.4) is 0 Å². The van der Waals surface area contributed by atoms with E-state index in [0.29, 0.717) is 6.42 Å². The molecule has 0 saturated heterocycles. The molecular weight excluding hydrogens is 354 g/mol. The zero-order valence-electron chi connectivity index (χ0n) is 14.0. The summed E-state index contributed by atoms with van der Waals surface area (Å²) in [6.45, 7) is 1.63. The SMILES string of the molecule is C[C@@H](S)O[C@H](COC(=O)[C@@H](N)Cc1ccc[nH]1)CN(C)S(C)(=O)=O. The van der Waals surface area contributed by atoms with Crippen molar-refractivity contribution in [2.75, 3.05) is 26.5 Å². The van der Waals surface area contributed by atoms with Gasteiger partial charge in [-0.2, -0.15) is 0 Å². The van der Waals surface area contributed by atoms with E-state index in [1.165, 1.54) is 7.05 Å². The summed E-state index contributed by atoms with van der Waals surface area (Å²) < 4.78 is 34.8. The van der Waals surface area contributed by atoms with Gasteiger partial charge in [0.05, 0.1) is 11.7 Å². The first-order chi connectivity index (χ1) is 11.1. The average Bonchev–Trinajstić information content (AvgIpc) is 2.95. The highest BCUT2D eigenvalue weighted by molar-refractivity contribution is 7.88. The number of nitrogens with one attached hydrogen (secondary N) is 1. The Hall–Kier alpha value is -1.07. The largest absolute Gasteiger partial charge is 0.462 e. The Balaban J connectivity index is 2.55. The lowest BCUT2D eigenvalue weighted by molar-refractivity contribution is -0.149. The van der Waals surface area contributed by atoms with Crippen LogP contribution < -0.4 is 5.73 Å². The van der Waals surface area contributed by atoms with E-state index in [-0.39, 0.29) is 13.2 Å². The fraction of sp³-hybridized carbons (Fsp3) is 0.643. The van der Waals surface area contributed by atoms with Crippen LogP contribution in [-0.2, 0) is 30.7 Å². The zero-order valence-corrected chi connectivity index (χ0v) is 15.7. The molecule has 0 aliphatic carbocycles. The lowest BCUT2D eigenvalue weighted by Gasteiger charge is -2.24. The Morgan fingerprint density at radius 3 is 2.67 bits per heavy atom. The molecule has 0 spiro atoms. The van der Waals surface area contributed by atoms with Crippen molar-refractivity contribution in [2.24, 2.45) is 5.73 Å². The smallest absolute Gasteiger partial charge is 0.323 e. The Kier molecular flexibility index (Phi) is 8.23. The normalized spacial score (nSPS) is 15.9. The van der Waals surface area contributed by atoms with Crippen molar-refractivity contribution in [1.82, 2.24) is 9.29 Å². The summed E-state index contributed by atoms with van der Waals surface area (Å²) in [4.78, 5) is 14.9. The Bertz CT molecular complexity index is 604. The van der Waals surface area contributed by atoms with Crippen LogP contribution in [0.5, 0.6) is 0 Å². The highest BCUT2D eigenvalue weighted by Gasteiger charge is 2.23. The number of carbonyl (C=O) groups excluding carboxylic acids is 1. The molecule has 1 heterocycles. The molecular formula is C14H25N3O5S2. The highest BCUT2D eigenvalue weighted by atomic mass is 32.2. The third-order valence-electron chi connectivity index (χ3n) is 3.23. The Labute approximate surface area is 148 Å². The van der Waals surface area contributed by atoms with Crippen molar-refractivity contribution in [3.63, 3.8) is 0 Å². The topological polar surface area (TPSA) is 115 Å². The fourth-order valence-corrected chi connectivity index (χ4v) is 2.54. The number of rotatable bonds is 10. The third-order valence-corrected chi connectivity index (χ3v) is 4.64. The number of hydrogen-bond donors (Lipinski definition) is 3. The molecule has 0 saturated carbocycles. The maximum absolute atomic E-state index is 12.0. The molecule has 1 aromatic rings. The van der Waals surface area contributed by atoms with E-state index < -0.39 is 33.6 Å². The Morgan fingerprint density at radius 2 is 2.17 bits per heavy atom. The number of sulfonamides is 1. The first-order valence-corrected chi connectivity index (χ1v) is 9.75. The summed E-state index contributed by atoms with van der Waals surface area (Å²) in [5.74, 6) is -0.577. The molecule has 3 N–H and O–H groups in total. The molecule has 138 valence electrons. The van der Waals surface area contributed by atoms with Gasteiger partial charge in [0, 0.05) is 31.9 Å². The molecule has 10 heteroatoms. The van der Waals surface area contributed by atoms with Crippen LogP contribution in [0, 0.1) is 0 Å². The van der Waals surface area contributed by atoms with Gasteiger partial charge in [0.1, 0.15) is 18.8 Å². The number of ether oxygens (including phenoxy) is 2.